The third-order valence-corrected chi connectivity index (χ3v) is 3.56. The van der Waals surface area contributed by atoms with Gasteiger partial charge in [-0.25, -0.2) is 4.98 Å². The number of aromatic nitrogens is 1. The summed E-state index contributed by atoms with van der Waals surface area (Å²) in [5.41, 5.74) is 8.36. The molecule has 1 rings (SSSR count). The Morgan fingerprint density at radius 1 is 1.25 bits per heavy atom. The zero-order valence-electron chi connectivity index (χ0n) is 13.8. The lowest BCUT2D eigenvalue weighted by atomic mass is 10.1. The standard InChI is InChI=1S/C17H31N3/c1-6-7-8-9-20(13(2)3)17-14(4)10-16(12-19-17)11-15(5)18/h10,12-13,15H,6-9,11,18H2,1-5H3. The number of anilines is 1. The number of unbranched alkanes of at least 4 members (excludes halogenated alkanes) is 2. The number of hydrogen-bond donors (Lipinski definition) is 1. The molecular weight excluding hydrogens is 246 g/mol. The Hall–Kier alpha value is -1.09. The van der Waals surface area contributed by atoms with Gasteiger partial charge in [-0.05, 0) is 51.7 Å². The topological polar surface area (TPSA) is 42.2 Å². The summed E-state index contributed by atoms with van der Waals surface area (Å²) in [4.78, 5) is 7.12. The first-order valence-corrected chi connectivity index (χ1v) is 7.93. The van der Waals surface area contributed by atoms with Gasteiger partial charge in [0.1, 0.15) is 5.82 Å². The van der Waals surface area contributed by atoms with Crippen molar-refractivity contribution in [1.82, 2.24) is 4.98 Å². The minimum Gasteiger partial charge on any atom is -0.354 e. The van der Waals surface area contributed by atoms with E-state index >= 15 is 0 Å². The van der Waals surface area contributed by atoms with Crippen LogP contribution in [-0.2, 0) is 6.42 Å². The highest BCUT2D eigenvalue weighted by atomic mass is 15.2. The normalized spacial score (nSPS) is 12.8. The monoisotopic (exact) mass is 277 g/mol. The van der Waals surface area contributed by atoms with E-state index in [4.69, 9.17) is 10.7 Å². The highest BCUT2D eigenvalue weighted by molar-refractivity contribution is 5.48. The van der Waals surface area contributed by atoms with Crippen LogP contribution in [0.25, 0.3) is 0 Å². The average Bonchev–Trinajstić information content (AvgIpc) is 2.35. The molecule has 1 heterocycles. The van der Waals surface area contributed by atoms with Crippen molar-refractivity contribution in [2.45, 2.75) is 72.4 Å². The van der Waals surface area contributed by atoms with Crippen molar-refractivity contribution in [2.24, 2.45) is 5.73 Å². The lowest BCUT2D eigenvalue weighted by Gasteiger charge is -2.29. The van der Waals surface area contributed by atoms with E-state index in [9.17, 15) is 0 Å². The molecule has 3 nitrogen and oxygen atoms in total. The highest BCUT2D eigenvalue weighted by Crippen LogP contribution is 2.21. The van der Waals surface area contributed by atoms with Crippen molar-refractivity contribution in [3.8, 4) is 0 Å². The van der Waals surface area contributed by atoms with Crippen LogP contribution in [0.4, 0.5) is 5.82 Å². The summed E-state index contributed by atoms with van der Waals surface area (Å²) < 4.78 is 0. The fraction of sp³-hybridized carbons (Fsp3) is 0.706. The Kier molecular flexibility index (Phi) is 7.00. The van der Waals surface area contributed by atoms with Crippen molar-refractivity contribution >= 4 is 5.82 Å². The molecule has 0 spiro atoms. The first-order valence-electron chi connectivity index (χ1n) is 7.93. The van der Waals surface area contributed by atoms with Crippen LogP contribution in [0.2, 0.25) is 0 Å². The molecule has 3 heteroatoms. The molecule has 114 valence electrons. The second-order valence-corrected chi connectivity index (χ2v) is 6.16. The van der Waals surface area contributed by atoms with E-state index in [0.29, 0.717) is 6.04 Å². The smallest absolute Gasteiger partial charge is 0.131 e. The van der Waals surface area contributed by atoms with Gasteiger partial charge < -0.3 is 10.6 Å². The van der Waals surface area contributed by atoms with E-state index in [-0.39, 0.29) is 6.04 Å². The Balaban J connectivity index is 2.85. The first-order chi connectivity index (χ1) is 9.45. The molecule has 0 saturated heterocycles. The summed E-state index contributed by atoms with van der Waals surface area (Å²) in [6.07, 6.45) is 6.65. The van der Waals surface area contributed by atoms with Crippen LogP contribution in [0.15, 0.2) is 12.3 Å². The third kappa shape index (κ3) is 5.12. The molecule has 0 bridgehead atoms. The summed E-state index contributed by atoms with van der Waals surface area (Å²) in [7, 11) is 0. The van der Waals surface area contributed by atoms with E-state index in [2.05, 4.69) is 38.7 Å². The predicted molar refractivity (Wildman–Crippen MR) is 88.3 cm³/mol. The van der Waals surface area contributed by atoms with Crippen molar-refractivity contribution in [3.63, 3.8) is 0 Å². The van der Waals surface area contributed by atoms with Gasteiger partial charge in [-0.15, -0.1) is 0 Å². The van der Waals surface area contributed by atoms with Crippen LogP contribution < -0.4 is 10.6 Å². The number of rotatable bonds is 8. The molecule has 0 aromatic carbocycles. The maximum atomic E-state index is 5.86. The molecule has 0 fully saturated rings. The summed E-state index contributed by atoms with van der Waals surface area (Å²) >= 11 is 0. The molecule has 1 aromatic rings. The van der Waals surface area contributed by atoms with Gasteiger partial charge in [0, 0.05) is 24.8 Å². The number of hydrogen-bond acceptors (Lipinski definition) is 3. The summed E-state index contributed by atoms with van der Waals surface area (Å²) in [5.74, 6) is 1.13. The lowest BCUT2D eigenvalue weighted by Crippen LogP contribution is -2.33. The van der Waals surface area contributed by atoms with Crippen LogP contribution in [-0.4, -0.2) is 23.6 Å². The van der Waals surface area contributed by atoms with Gasteiger partial charge in [0.15, 0.2) is 0 Å². The van der Waals surface area contributed by atoms with Crippen molar-refractivity contribution in [1.29, 1.82) is 0 Å². The molecule has 20 heavy (non-hydrogen) atoms. The average molecular weight is 277 g/mol. The van der Waals surface area contributed by atoms with E-state index < -0.39 is 0 Å². The van der Waals surface area contributed by atoms with Crippen LogP contribution in [0.3, 0.4) is 0 Å². The predicted octanol–water partition coefficient (Wildman–Crippen LogP) is 3.68. The quantitative estimate of drug-likeness (QED) is 0.737. The molecule has 2 N–H and O–H groups in total. The molecule has 1 atom stereocenters. The third-order valence-electron chi connectivity index (χ3n) is 3.56. The molecule has 0 aliphatic heterocycles. The van der Waals surface area contributed by atoms with Gasteiger partial charge in [-0.3, -0.25) is 0 Å². The Morgan fingerprint density at radius 3 is 2.45 bits per heavy atom. The number of nitrogens with two attached hydrogens (primary N) is 1. The van der Waals surface area contributed by atoms with Gasteiger partial charge in [-0.2, -0.15) is 0 Å². The SMILES string of the molecule is CCCCCN(c1ncc(CC(C)N)cc1C)C(C)C. The summed E-state index contributed by atoms with van der Waals surface area (Å²) in [6.45, 7) is 12.0. The van der Waals surface area contributed by atoms with Gasteiger partial charge in [0.2, 0.25) is 0 Å². The van der Waals surface area contributed by atoms with Crippen LogP contribution in [0.1, 0.15) is 58.1 Å². The summed E-state index contributed by atoms with van der Waals surface area (Å²) in [5, 5.41) is 0. The Bertz CT molecular complexity index is 399. The van der Waals surface area contributed by atoms with Gasteiger partial charge in [0.05, 0.1) is 0 Å². The number of aryl methyl sites for hydroxylation is 1. The van der Waals surface area contributed by atoms with Crippen LogP contribution >= 0.6 is 0 Å². The molecule has 0 aliphatic rings. The van der Waals surface area contributed by atoms with Crippen LogP contribution in [0.5, 0.6) is 0 Å². The highest BCUT2D eigenvalue weighted by Gasteiger charge is 2.14. The van der Waals surface area contributed by atoms with E-state index in [1.807, 2.05) is 13.1 Å². The lowest BCUT2D eigenvalue weighted by molar-refractivity contribution is 0.618. The first kappa shape index (κ1) is 17.0. The number of pyridine rings is 1. The largest absolute Gasteiger partial charge is 0.354 e. The Labute approximate surface area is 124 Å². The fourth-order valence-corrected chi connectivity index (χ4v) is 2.55. The second-order valence-electron chi connectivity index (χ2n) is 6.16. The maximum absolute atomic E-state index is 5.86. The summed E-state index contributed by atoms with van der Waals surface area (Å²) in [6, 6.07) is 2.91. The van der Waals surface area contributed by atoms with Crippen LogP contribution in [0, 0.1) is 6.92 Å². The van der Waals surface area contributed by atoms with Gasteiger partial charge in [-0.1, -0.05) is 25.8 Å². The van der Waals surface area contributed by atoms with E-state index in [1.54, 1.807) is 0 Å². The van der Waals surface area contributed by atoms with Gasteiger partial charge >= 0.3 is 0 Å². The fourth-order valence-electron chi connectivity index (χ4n) is 2.55. The van der Waals surface area contributed by atoms with Crippen molar-refractivity contribution in [3.05, 3.63) is 23.4 Å². The molecule has 0 radical (unpaired) electrons. The minimum absolute atomic E-state index is 0.188. The molecule has 0 amide bonds. The number of nitrogens with zero attached hydrogens (tertiary/aromatic N) is 2. The van der Waals surface area contributed by atoms with E-state index in [0.717, 1.165) is 18.8 Å². The second kappa shape index (κ2) is 8.25. The zero-order valence-corrected chi connectivity index (χ0v) is 13.8. The minimum atomic E-state index is 0.188. The van der Waals surface area contributed by atoms with Gasteiger partial charge in [0.25, 0.3) is 0 Å². The van der Waals surface area contributed by atoms with Crippen molar-refractivity contribution < 1.29 is 0 Å². The molecule has 0 aliphatic carbocycles. The maximum Gasteiger partial charge on any atom is 0.131 e. The molecule has 0 saturated carbocycles. The zero-order chi connectivity index (χ0) is 15.1. The molecule has 1 aromatic heterocycles. The van der Waals surface area contributed by atoms with E-state index in [1.165, 1.54) is 30.4 Å². The Morgan fingerprint density at radius 2 is 1.95 bits per heavy atom. The molecule has 1 unspecified atom stereocenters. The molecular formula is C17H31N3. The van der Waals surface area contributed by atoms with Crippen molar-refractivity contribution in [2.75, 3.05) is 11.4 Å².